The van der Waals surface area contributed by atoms with Crippen molar-refractivity contribution in [1.29, 1.82) is 0 Å². The summed E-state index contributed by atoms with van der Waals surface area (Å²) in [5, 5.41) is 3.83. The van der Waals surface area contributed by atoms with E-state index >= 15 is 0 Å². The number of ether oxygens (including phenoxy) is 3. The van der Waals surface area contributed by atoms with E-state index in [1.807, 2.05) is 26.0 Å². The number of rotatable bonds is 9. The van der Waals surface area contributed by atoms with Gasteiger partial charge in [-0.2, -0.15) is 0 Å². The van der Waals surface area contributed by atoms with Gasteiger partial charge in [-0.3, -0.25) is 4.98 Å². The van der Waals surface area contributed by atoms with Crippen molar-refractivity contribution < 1.29 is 14.2 Å². The smallest absolute Gasteiger partial charge is 0.167 e. The van der Waals surface area contributed by atoms with Gasteiger partial charge in [-0.15, -0.1) is 0 Å². The lowest BCUT2D eigenvalue weighted by atomic mass is 9.99. The molecule has 1 N–H and O–H groups in total. The number of benzene rings is 1. The van der Waals surface area contributed by atoms with Crippen LogP contribution in [0.1, 0.15) is 49.3 Å². The van der Waals surface area contributed by atoms with Crippen molar-refractivity contribution in [3.05, 3.63) is 51.8 Å². The van der Waals surface area contributed by atoms with Gasteiger partial charge in [0.2, 0.25) is 0 Å². The maximum Gasteiger partial charge on any atom is 0.167 e. The summed E-state index contributed by atoms with van der Waals surface area (Å²) in [5.74, 6) is 0.835. The van der Waals surface area contributed by atoms with Crippen LogP contribution in [0.4, 0.5) is 5.69 Å². The van der Waals surface area contributed by atoms with Gasteiger partial charge in [0.05, 0.1) is 29.1 Å². The second kappa shape index (κ2) is 9.93. The Morgan fingerprint density at radius 3 is 2.56 bits per heavy atom. The quantitative estimate of drug-likeness (QED) is 0.576. The third-order valence-electron chi connectivity index (χ3n) is 4.54. The third-order valence-corrected chi connectivity index (χ3v) is 4.96. The summed E-state index contributed by atoms with van der Waals surface area (Å²) in [6.07, 6.45) is 1.50. The Morgan fingerprint density at radius 1 is 1.15 bits per heavy atom. The summed E-state index contributed by atoms with van der Waals surface area (Å²) < 4.78 is 17.0. The van der Waals surface area contributed by atoms with Crippen LogP contribution in [0.15, 0.2) is 24.4 Å². The molecule has 2 atom stereocenters. The van der Waals surface area contributed by atoms with E-state index in [1.165, 1.54) is 11.1 Å². The van der Waals surface area contributed by atoms with Crippen LogP contribution in [0.3, 0.4) is 0 Å². The summed E-state index contributed by atoms with van der Waals surface area (Å²) in [5.41, 5.74) is 4.93. The molecular weight excluding hydrogens is 364 g/mol. The molecule has 1 aromatic heterocycles. The summed E-state index contributed by atoms with van der Waals surface area (Å²) in [6, 6.07) is 5.89. The van der Waals surface area contributed by atoms with E-state index in [0.29, 0.717) is 23.9 Å². The Labute approximate surface area is 167 Å². The van der Waals surface area contributed by atoms with Crippen LogP contribution in [0.2, 0.25) is 5.02 Å². The van der Waals surface area contributed by atoms with E-state index in [-0.39, 0.29) is 12.3 Å². The van der Waals surface area contributed by atoms with Crippen LogP contribution in [-0.4, -0.2) is 24.9 Å². The van der Waals surface area contributed by atoms with Crippen LogP contribution < -0.4 is 10.1 Å². The van der Waals surface area contributed by atoms with Crippen molar-refractivity contribution >= 4 is 17.3 Å². The van der Waals surface area contributed by atoms with Crippen LogP contribution in [0.5, 0.6) is 5.75 Å². The predicted octanol–water partition coefficient (Wildman–Crippen LogP) is 5.43. The monoisotopic (exact) mass is 392 g/mol. The van der Waals surface area contributed by atoms with Crippen LogP contribution >= 0.6 is 11.6 Å². The zero-order valence-electron chi connectivity index (χ0n) is 16.9. The van der Waals surface area contributed by atoms with Crippen LogP contribution in [0, 0.1) is 13.8 Å². The first-order valence-electron chi connectivity index (χ1n) is 9.16. The molecule has 1 aromatic carbocycles. The molecule has 0 saturated heterocycles. The standard InChI is InChI=1S/C21H29ClN2O3/c1-7-26-15(4)17-8-9-20(14(3)13(17)2)27-16(5)24-18-10-11-23-19(12-25-6)21(18)22/h8-11,15-16H,7,12H2,1-6H3,(H,23,24). The first-order valence-corrected chi connectivity index (χ1v) is 9.54. The lowest BCUT2D eigenvalue weighted by molar-refractivity contribution is 0.0758. The zero-order chi connectivity index (χ0) is 20.0. The van der Waals surface area contributed by atoms with Crippen LogP contribution in [0.25, 0.3) is 0 Å². The van der Waals surface area contributed by atoms with Crippen molar-refractivity contribution in [1.82, 2.24) is 4.98 Å². The SMILES string of the molecule is CCOC(C)c1ccc(OC(C)Nc2ccnc(COC)c2Cl)c(C)c1C. The minimum atomic E-state index is -0.270. The first-order chi connectivity index (χ1) is 12.9. The van der Waals surface area contributed by atoms with Crippen LogP contribution in [-0.2, 0) is 16.1 Å². The van der Waals surface area contributed by atoms with Crippen molar-refractivity contribution in [3.8, 4) is 5.75 Å². The van der Waals surface area contributed by atoms with Crippen molar-refractivity contribution in [2.45, 2.75) is 53.6 Å². The summed E-state index contributed by atoms with van der Waals surface area (Å²) in [6.45, 7) is 11.2. The number of aromatic nitrogens is 1. The fraction of sp³-hybridized carbons (Fsp3) is 0.476. The fourth-order valence-corrected chi connectivity index (χ4v) is 3.22. The molecule has 6 heteroatoms. The number of anilines is 1. The Hall–Kier alpha value is -1.82. The molecule has 0 fully saturated rings. The molecule has 0 aliphatic carbocycles. The first kappa shape index (κ1) is 21.5. The second-order valence-electron chi connectivity index (χ2n) is 6.46. The lowest BCUT2D eigenvalue weighted by Crippen LogP contribution is -2.23. The maximum absolute atomic E-state index is 6.40. The molecule has 2 unspecified atom stereocenters. The third kappa shape index (κ3) is 5.34. The zero-order valence-corrected chi connectivity index (χ0v) is 17.7. The molecule has 0 radical (unpaired) electrons. The minimum absolute atomic E-state index is 0.0631. The van der Waals surface area contributed by atoms with E-state index in [9.17, 15) is 0 Å². The normalized spacial score (nSPS) is 13.3. The Bertz CT molecular complexity index is 767. The van der Waals surface area contributed by atoms with Crippen molar-refractivity contribution in [2.75, 3.05) is 19.0 Å². The summed E-state index contributed by atoms with van der Waals surface area (Å²) in [4.78, 5) is 4.24. The van der Waals surface area contributed by atoms with Crippen molar-refractivity contribution in [2.24, 2.45) is 0 Å². The molecule has 148 valence electrons. The van der Waals surface area contributed by atoms with E-state index in [2.05, 4.69) is 37.1 Å². The highest BCUT2D eigenvalue weighted by atomic mass is 35.5. The highest BCUT2D eigenvalue weighted by Crippen LogP contribution is 2.31. The Morgan fingerprint density at radius 2 is 1.89 bits per heavy atom. The highest BCUT2D eigenvalue weighted by molar-refractivity contribution is 6.33. The average molecular weight is 393 g/mol. The highest BCUT2D eigenvalue weighted by Gasteiger charge is 2.15. The van der Waals surface area contributed by atoms with E-state index in [1.54, 1.807) is 13.3 Å². The summed E-state index contributed by atoms with van der Waals surface area (Å²) >= 11 is 6.40. The second-order valence-corrected chi connectivity index (χ2v) is 6.84. The largest absolute Gasteiger partial charge is 0.471 e. The number of hydrogen-bond donors (Lipinski definition) is 1. The minimum Gasteiger partial charge on any atom is -0.471 e. The van der Waals surface area contributed by atoms with Gasteiger partial charge in [-0.05, 0) is 63.4 Å². The van der Waals surface area contributed by atoms with Gasteiger partial charge >= 0.3 is 0 Å². The molecule has 0 aliphatic heterocycles. The number of hydrogen-bond acceptors (Lipinski definition) is 5. The molecule has 0 saturated carbocycles. The van der Waals surface area contributed by atoms with E-state index in [0.717, 1.165) is 17.0 Å². The molecule has 27 heavy (non-hydrogen) atoms. The average Bonchev–Trinajstić information content (AvgIpc) is 2.63. The van der Waals surface area contributed by atoms with Gasteiger partial charge in [0.25, 0.3) is 0 Å². The molecule has 0 spiro atoms. The molecule has 0 bridgehead atoms. The van der Waals surface area contributed by atoms with Gasteiger partial charge < -0.3 is 19.5 Å². The molecule has 1 heterocycles. The topological polar surface area (TPSA) is 52.6 Å². The van der Waals surface area contributed by atoms with Gasteiger partial charge in [0, 0.05) is 19.9 Å². The van der Waals surface area contributed by atoms with Crippen molar-refractivity contribution in [3.63, 3.8) is 0 Å². The molecule has 2 aromatic rings. The van der Waals surface area contributed by atoms with E-state index in [4.69, 9.17) is 25.8 Å². The fourth-order valence-electron chi connectivity index (χ4n) is 3.00. The Kier molecular flexibility index (Phi) is 7.90. The maximum atomic E-state index is 6.40. The molecule has 0 aliphatic rings. The van der Waals surface area contributed by atoms with Gasteiger partial charge in [-0.25, -0.2) is 0 Å². The number of pyridine rings is 1. The van der Waals surface area contributed by atoms with Gasteiger partial charge in [0.15, 0.2) is 6.23 Å². The molecular formula is C21H29ClN2O3. The predicted molar refractivity (Wildman–Crippen MR) is 110 cm³/mol. The molecule has 0 amide bonds. The van der Waals surface area contributed by atoms with E-state index < -0.39 is 0 Å². The lowest BCUT2D eigenvalue weighted by Gasteiger charge is -2.22. The summed E-state index contributed by atoms with van der Waals surface area (Å²) in [7, 11) is 1.62. The molecule has 2 rings (SSSR count). The van der Waals surface area contributed by atoms with Gasteiger partial charge in [0.1, 0.15) is 5.75 Å². The van der Waals surface area contributed by atoms with Gasteiger partial charge in [-0.1, -0.05) is 17.7 Å². The number of nitrogens with zero attached hydrogens (tertiary/aromatic N) is 1. The number of methoxy groups -OCH3 is 1. The number of nitrogens with one attached hydrogen (secondary N) is 1. The number of halogens is 1. The Balaban J connectivity index is 2.13. The molecule has 5 nitrogen and oxygen atoms in total.